The predicted octanol–water partition coefficient (Wildman–Crippen LogP) is 6.97. The Bertz CT molecular complexity index is 1850. The van der Waals surface area contributed by atoms with Gasteiger partial charge in [0.05, 0.1) is 26.4 Å². The van der Waals surface area contributed by atoms with E-state index in [1.807, 2.05) is 121 Å². The van der Waals surface area contributed by atoms with Gasteiger partial charge in [0.15, 0.2) is 12.6 Å². The van der Waals surface area contributed by atoms with Crippen molar-refractivity contribution in [3.63, 3.8) is 0 Å². The maximum absolute atomic E-state index is 13.3. The fourth-order valence-electron chi connectivity index (χ4n) is 7.45. The molecule has 2 heterocycles. The van der Waals surface area contributed by atoms with Crippen molar-refractivity contribution in [2.24, 2.45) is 0 Å². The predicted molar refractivity (Wildman–Crippen MR) is 174 cm³/mol. The van der Waals surface area contributed by atoms with E-state index in [1.54, 1.807) is 0 Å². The summed E-state index contributed by atoms with van der Waals surface area (Å²) in [4.78, 5) is 0. The monoisotopic (exact) mass is 608 g/mol. The van der Waals surface area contributed by atoms with Gasteiger partial charge in [0, 0.05) is 33.4 Å². The van der Waals surface area contributed by atoms with Crippen LogP contribution >= 0.6 is 0 Å². The van der Waals surface area contributed by atoms with Crippen LogP contribution in [-0.4, -0.2) is 36.6 Å². The first kappa shape index (κ1) is 27.9. The highest BCUT2D eigenvalue weighted by Gasteiger charge is 2.51. The van der Waals surface area contributed by atoms with E-state index < -0.39 is 23.8 Å². The molecule has 2 aliphatic heterocycles. The molecule has 0 saturated carbocycles. The minimum Gasteiger partial charge on any atom is -0.376 e. The molecule has 0 atom stereocenters. The summed E-state index contributed by atoms with van der Waals surface area (Å²) in [6.45, 7) is 2.21. The normalized spacial score (nSPS) is 23.2. The van der Waals surface area contributed by atoms with Crippen molar-refractivity contribution in [3.05, 3.63) is 166 Å². The highest BCUT2D eigenvalue weighted by molar-refractivity contribution is 5.90. The number of fused-ring (bicyclic) bond motifs is 4. The SMILES string of the molecule is OC1(c2ccc(C3OCCO3)cc2)c2cc3ccccc3cc2C(O)(c2ccc(C3OCCO3)cc2)c2cc3ccccc3cc21. The van der Waals surface area contributed by atoms with E-state index in [1.165, 1.54) is 0 Å². The van der Waals surface area contributed by atoms with Crippen LogP contribution in [0.3, 0.4) is 0 Å². The summed E-state index contributed by atoms with van der Waals surface area (Å²) in [6, 6.07) is 39.8. The maximum atomic E-state index is 13.3. The van der Waals surface area contributed by atoms with Crippen LogP contribution in [-0.2, 0) is 30.1 Å². The van der Waals surface area contributed by atoms with E-state index >= 15 is 0 Å². The second-order valence-electron chi connectivity index (χ2n) is 12.3. The quantitative estimate of drug-likeness (QED) is 0.225. The maximum Gasteiger partial charge on any atom is 0.184 e. The summed E-state index contributed by atoms with van der Waals surface area (Å²) >= 11 is 0. The average molecular weight is 609 g/mol. The summed E-state index contributed by atoms with van der Waals surface area (Å²) in [7, 11) is 0. The molecule has 2 N–H and O–H groups in total. The largest absolute Gasteiger partial charge is 0.376 e. The number of rotatable bonds is 4. The van der Waals surface area contributed by atoms with Gasteiger partial charge in [0.1, 0.15) is 11.2 Å². The van der Waals surface area contributed by atoms with Crippen LogP contribution in [0, 0.1) is 0 Å². The number of hydrogen-bond donors (Lipinski definition) is 2. The van der Waals surface area contributed by atoms with Crippen LogP contribution in [0.25, 0.3) is 21.5 Å². The minimum absolute atomic E-state index is 0.421. The standard InChI is InChI=1S/C40H32O6/c41-39(31-13-9-25(10-14-31)37-43-17-18-44-37)33-21-27-5-1-2-6-28(27)22-34(33)40(42,32-15-11-26(12-16-32)38-45-19-20-46-38)36-24-30-8-4-3-7-29(30)23-35(36)39/h1-16,21-24,37-38,41-42H,17-20H2. The first-order valence-electron chi connectivity index (χ1n) is 15.7. The molecular weight excluding hydrogens is 576 g/mol. The molecule has 6 heteroatoms. The third-order valence-electron chi connectivity index (χ3n) is 9.78. The van der Waals surface area contributed by atoms with Gasteiger partial charge in [-0.2, -0.15) is 0 Å². The van der Waals surface area contributed by atoms with E-state index in [0.717, 1.165) is 32.7 Å². The Hall–Kier alpha value is -4.40. The van der Waals surface area contributed by atoms with Gasteiger partial charge >= 0.3 is 0 Å². The lowest BCUT2D eigenvalue weighted by atomic mass is 9.62. The molecule has 0 radical (unpaired) electrons. The molecule has 0 aromatic heterocycles. The first-order valence-corrected chi connectivity index (χ1v) is 15.7. The number of aliphatic hydroxyl groups is 2. The van der Waals surface area contributed by atoms with Crippen LogP contribution in [0.1, 0.15) is 57.1 Å². The molecule has 3 aliphatic rings. The Morgan fingerprint density at radius 3 is 0.978 bits per heavy atom. The van der Waals surface area contributed by atoms with Gasteiger partial charge in [0.2, 0.25) is 0 Å². The third kappa shape index (κ3) is 4.12. The number of hydrogen-bond acceptors (Lipinski definition) is 6. The molecule has 0 spiro atoms. The fraction of sp³-hybridized carbons (Fsp3) is 0.200. The molecule has 2 fully saturated rings. The average Bonchev–Trinajstić information content (AvgIpc) is 3.86. The second-order valence-corrected chi connectivity index (χ2v) is 12.3. The molecule has 1 aliphatic carbocycles. The Balaban J connectivity index is 1.32. The fourth-order valence-corrected chi connectivity index (χ4v) is 7.45. The van der Waals surface area contributed by atoms with Crippen molar-refractivity contribution in [1.29, 1.82) is 0 Å². The van der Waals surface area contributed by atoms with E-state index in [2.05, 4.69) is 0 Å². The Morgan fingerprint density at radius 2 is 0.696 bits per heavy atom. The molecule has 9 rings (SSSR count). The zero-order valence-electron chi connectivity index (χ0n) is 25.1. The van der Waals surface area contributed by atoms with Crippen molar-refractivity contribution in [3.8, 4) is 0 Å². The van der Waals surface area contributed by atoms with Gasteiger partial charge in [-0.15, -0.1) is 0 Å². The lowest BCUT2D eigenvalue weighted by Gasteiger charge is -2.45. The van der Waals surface area contributed by atoms with Crippen LogP contribution in [0.5, 0.6) is 0 Å². The van der Waals surface area contributed by atoms with E-state index in [9.17, 15) is 10.2 Å². The van der Waals surface area contributed by atoms with E-state index in [4.69, 9.17) is 18.9 Å². The van der Waals surface area contributed by atoms with Gasteiger partial charge in [-0.25, -0.2) is 0 Å². The van der Waals surface area contributed by atoms with Crippen molar-refractivity contribution < 1.29 is 29.2 Å². The number of benzene rings is 6. The Morgan fingerprint density at radius 1 is 0.413 bits per heavy atom. The smallest absolute Gasteiger partial charge is 0.184 e. The summed E-state index contributed by atoms with van der Waals surface area (Å²) in [5.41, 5.74) is 2.53. The van der Waals surface area contributed by atoms with Gasteiger partial charge in [-0.05, 0) is 56.9 Å². The summed E-state index contributed by atoms with van der Waals surface area (Å²) in [6.07, 6.45) is -0.841. The summed E-state index contributed by atoms with van der Waals surface area (Å²) in [5, 5.41) is 30.5. The molecule has 6 aromatic carbocycles. The van der Waals surface area contributed by atoms with Crippen LogP contribution in [0.15, 0.2) is 121 Å². The minimum atomic E-state index is -1.58. The summed E-state index contributed by atoms with van der Waals surface area (Å²) < 4.78 is 23.0. The molecule has 0 unspecified atom stereocenters. The number of ether oxygens (including phenoxy) is 4. The van der Waals surface area contributed by atoms with E-state index in [-0.39, 0.29) is 0 Å². The molecule has 2 saturated heterocycles. The van der Waals surface area contributed by atoms with Gasteiger partial charge in [-0.3, -0.25) is 0 Å². The lowest BCUT2D eigenvalue weighted by molar-refractivity contribution is -0.0443. The zero-order chi connectivity index (χ0) is 30.9. The van der Waals surface area contributed by atoms with Crippen molar-refractivity contribution in [1.82, 2.24) is 0 Å². The molecule has 0 amide bonds. The van der Waals surface area contributed by atoms with E-state index in [0.29, 0.717) is 59.8 Å². The van der Waals surface area contributed by atoms with Gasteiger partial charge < -0.3 is 29.2 Å². The topological polar surface area (TPSA) is 77.4 Å². The highest BCUT2D eigenvalue weighted by atomic mass is 16.7. The highest BCUT2D eigenvalue weighted by Crippen LogP contribution is 2.55. The Labute approximate surface area is 266 Å². The lowest BCUT2D eigenvalue weighted by Crippen LogP contribution is -2.44. The molecule has 0 bridgehead atoms. The molecular formula is C40H32O6. The molecule has 46 heavy (non-hydrogen) atoms. The summed E-state index contributed by atoms with van der Waals surface area (Å²) in [5.74, 6) is 0. The first-order chi connectivity index (χ1) is 22.5. The van der Waals surface area contributed by atoms with Crippen molar-refractivity contribution >= 4 is 21.5 Å². The van der Waals surface area contributed by atoms with Gasteiger partial charge in [0.25, 0.3) is 0 Å². The van der Waals surface area contributed by atoms with Crippen molar-refractivity contribution in [2.45, 2.75) is 23.8 Å². The van der Waals surface area contributed by atoms with Crippen LogP contribution < -0.4 is 0 Å². The zero-order valence-corrected chi connectivity index (χ0v) is 25.1. The Kier molecular flexibility index (Phi) is 6.41. The van der Waals surface area contributed by atoms with Crippen molar-refractivity contribution in [2.75, 3.05) is 26.4 Å². The van der Waals surface area contributed by atoms with Crippen LogP contribution in [0.4, 0.5) is 0 Å². The van der Waals surface area contributed by atoms with Crippen LogP contribution in [0.2, 0.25) is 0 Å². The molecule has 6 aromatic rings. The third-order valence-corrected chi connectivity index (χ3v) is 9.78. The van der Waals surface area contributed by atoms with Gasteiger partial charge in [-0.1, -0.05) is 97.1 Å². The molecule has 228 valence electrons. The second kappa shape index (κ2) is 10.6. The molecule has 6 nitrogen and oxygen atoms in total.